The first-order valence-electron chi connectivity index (χ1n) is 3.11. The molecule has 0 aliphatic rings. The van der Waals surface area contributed by atoms with Gasteiger partial charge in [-0.2, -0.15) is 0 Å². The predicted molar refractivity (Wildman–Crippen MR) is 39.5 cm³/mol. The average molecular weight is 143 g/mol. The van der Waals surface area contributed by atoms with Gasteiger partial charge in [0.1, 0.15) is 5.70 Å². The molecule has 3 nitrogen and oxygen atoms in total. The molecule has 0 unspecified atom stereocenters. The lowest BCUT2D eigenvalue weighted by atomic mass is 10.4. The van der Waals surface area contributed by atoms with Crippen LogP contribution in [0.1, 0.15) is 6.92 Å². The minimum Gasteiger partial charge on any atom is -0.464 e. The molecular weight excluding hydrogens is 130 g/mol. The molecule has 0 spiro atoms. The van der Waals surface area contributed by atoms with Crippen LogP contribution in [-0.2, 0) is 9.53 Å². The van der Waals surface area contributed by atoms with E-state index in [0.717, 1.165) is 6.54 Å². The zero-order valence-corrected chi connectivity index (χ0v) is 6.68. The third-order valence-corrected chi connectivity index (χ3v) is 1.36. The number of methoxy groups -OCH3 is 1. The highest BCUT2D eigenvalue weighted by atomic mass is 16.5. The molecule has 0 aliphatic carbocycles. The van der Waals surface area contributed by atoms with Gasteiger partial charge in [-0.1, -0.05) is 6.58 Å². The van der Waals surface area contributed by atoms with Crippen molar-refractivity contribution in [1.29, 1.82) is 0 Å². The minimum atomic E-state index is -0.371. The number of nitrogens with zero attached hydrogens (tertiary/aromatic N) is 1. The van der Waals surface area contributed by atoms with E-state index in [0.29, 0.717) is 5.70 Å². The van der Waals surface area contributed by atoms with Crippen molar-refractivity contribution in [2.45, 2.75) is 6.92 Å². The van der Waals surface area contributed by atoms with Crippen LogP contribution in [0, 0.1) is 0 Å². The molecule has 0 rings (SSSR count). The Morgan fingerprint density at radius 1 is 1.70 bits per heavy atom. The Balaban J connectivity index is 3.95. The normalized spacial score (nSPS) is 8.70. The van der Waals surface area contributed by atoms with Crippen molar-refractivity contribution in [3.63, 3.8) is 0 Å². The fraction of sp³-hybridized carbons (Fsp3) is 0.571. The summed E-state index contributed by atoms with van der Waals surface area (Å²) >= 11 is 0. The van der Waals surface area contributed by atoms with E-state index < -0.39 is 0 Å². The van der Waals surface area contributed by atoms with E-state index in [1.54, 1.807) is 11.9 Å². The van der Waals surface area contributed by atoms with E-state index in [4.69, 9.17) is 0 Å². The second-order valence-electron chi connectivity index (χ2n) is 1.95. The third kappa shape index (κ3) is 2.09. The molecule has 10 heavy (non-hydrogen) atoms. The monoisotopic (exact) mass is 143 g/mol. The van der Waals surface area contributed by atoms with Crippen LogP contribution >= 0.6 is 0 Å². The van der Waals surface area contributed by atoms with Gasteiger partial charge in [-0.25, -0.2) is 4.79 Å². The van der Waals surface area contributed by atoms with Crippen molar-refractivity contribution in [2.75, 3.05) is 20.7 Å². The summed E-state index contributed by atoms with van der Waals surface area (Å²) in [5.41, 5.74) is 0.394. The van der Waals surface area contributed by atoms with E-state index in [-0.39, 0.29) is 5.97 Å². The molecule has 58 valence electrons. The highest BCUT2D eigenvalue weighted by molar-refractivity contribution is 5.86. The quantitative estimate of drug-likeness (QED) is 0.428. The largest absolute Gasteiger partial charge is 0.464 e. The Kier molecular flexibility index (Phi) is 3.54. The molecule has 0 bridgehead atoms. The number of likely N-dealkylation sites (N-methyl/N-ethyl adjacent to an activating group) is 1. The smallest absolute Gasteiger partial charge is 0.353 e. The summed E-state index contributed by atoms with van der Waals surface area (Å²) < 4.78 is 4.45. The van der Waals surface area contributed by atoms with Crippen molar-refractivity contribution in [3.05, 3.63) is 12.3 Å². The maximum absolute atomic E-state index is 10.7. The second kappa shape index (κ2) is 3.93. The van der Waals surface area contributed by atoms with Gasteiger partial charge in [0.05, 0.1) is 7.11 Å². The molecule has 0 N–H and O–H groups in total. The highest BCUT2D eigenvalue weighted by Crippen LogP contribution is 1.98. The molecule has 0 aliphatic heterocycles. The SMILES string of the molecule is C=C(C(=O)OC)N(C)CC. The van der Waals surface area contributed by atoms with Gasteiger partial charge < -0.3 is 9.64 Å². The van der Waals surface area contributed by atoms with Crippen LogP contribution in [0.4, 0.5) is 0 Å². The first kappa shape index (κ1) is 9.01. The fourth-order valence-corrected chi connectivity index (χ4v) is 0.465. The number of carbonyl (C=O) groups excluding carboxylic acids is 1. The molecule has 0 aromatic rings. The molecule has 0 aromatic carbocycles. The Bertz CT molecular complexity index is 143. The third-order valence-electron chi connectivity index (χ3n) is 1.36. The molecule has 0 aromatic heterocycles. The first-order chi connectivity index (χ1) is 4.63. The molecule has 3 heteroatoms. The van der Waals surface area contributed by atoms with Crippen molar-refractivity contribution < 1.29 is 9.53 Å². The van der Waals surface area contributed by atoms with Crippen molar-refractivity contribution in [2.24, 2.45) is 0 Å². The van der Waals surface area contributed by atoms with E-state index in [1.807, 2.05) is 6.92 Å². The van der Waals surface area contributed by atoms with E-state index >= 15 is 0 Å². The number of ether oxygens (including phenoxy) is 1. The summed E-state index contributed by atoms with van der Waals surface area (Å²) in [7, 11) is 3.14. The van der Waals surface area contributed by atoms with Gasteiger partial charge in [0, 0.05) is 13.6 Å². The first-order valence-corrected chi connectivity index (χ1v) is 3.11. The number of hydrogen-bond donors (Lipinski definition) is 0. The zero-order valence-electron chi connectivity index (χ0n) is 6.68. The lowest BCUT2D eigenvalue weighted by Gasteiger charge is -2.16. The Morgan fingerprint density at radius 3 is 2.50 bits per heavy atom. The summed E-state index contributed by atoms with van der Waals surface area (Å²) in [6.45, 7) is 6.24. The van der Waals surface area contributed by atoms with E-state index in [1.165, 1.54) is 7.11 Å². The van der Waals surface area contributed by atoms with Crippen LogP contribution in [0.5, 0.6) is 0 Å². The maximum Gasteiger partial charge on any atom is 0.353 e. The standard InChI is InChI=1S/C7H13NO2/c1-5-8(3)6(2)7(9)10-4/h2,5H2,1,3-4H3. The van der Waals surface area contributed by atoms with Crippen molar-refractivity contribution in [3.8, 4) is 0 Å². The number of carbonyl (C=O) groups is 1. The molecule has 0 heterocycles. The second-order valence-corrected chi connectivity index (χ2v) is 1.95. The van der Waals surface area contributed by atoms with Crippen LogP contribution in [0.15, 0.2) is 12.3 Å². The van der Waals surface area contributed by atoms with Crippen molar-refractivity contribution in [1.82, 2.24) is 4.90 Å². The number of esters is 1. The highest BCUT2D eigenvalue weighted by Gasteiger charge is 2.08. The van der Waals surface area contributed by atoms with Crippen molar-refractivity contribution >= 4 is 5.97 Å². The predicted octanol–water partition coefficient (Wildman–Crippen LogP) is 0.625. The fourth-order valence-electron chi connectivity index (χ4n) is 0.465. The van der Waals surface area contributed by atoms with Gasteiger partial charge in [-0.15, -0.1) is 0 Å². The molecule has 0 radical (unpaired) electrons. The van der Waals surface area contributed by atoms with E-state index in [2.05, 4.69) is 11.3 Å². The lowest BCUT2D eigenvalue weighted by molar-refractivity contribution is -0.137. The number of hydrogen-bond acceptors (Lipinski definition) is 3. The maximum atomic E-state index is 10.7. The molecule has 0 saturated carbocycles. The Morgan fingerprint density at radius 2 is 2.20 bits per heavy atom. The summed E-state index contributed by atoms with van der Waals surface area (Å²) in [4.78, 5) is 12.5. The van der Waals surface area contributed by atoms with Crippen LogP contribution in [0.3, 0.4) is 0 Å². The van der Waals surface area contributed by atoms with Crippen LogP contribution in [0.25, 0.3) is 0 Å². The Labute approximate surface area is 61.3 Å². The van der Waals surface area contributed by atoms with Gasteiger partial charge in [0.15, 0.2) is 0 Å². The number of rotatable bonds is 3. The zero-order chi connectivity index (χ0) is 8.15. The minimum absolute atomic E-state index is 0.371. The van der Waals surface area contributed by atoms with Crippen LogP contribution < -0.4 is 0 Å². The van der Waals surface area contributed by atoms with Gasteiger partial charge in [-0.3, -0.25) is 0 Å². The average Bonchev–Trinajstić information content (AvgIpc) is 2.00. The van der Waals surface area contributed by atoms with Gasteiger partial charge in [-0.05, 0) is 6.92 Å². The summed E-state index contributed by atoms with van der Waals surface area (Å²) in [6.07, 6.45) is 0. The molecular formula is C7H13NO2. The summed E-state index contributed by atoms with van der Waals surface area (Å²) in [6, 6.07) is 0. The van der Waals surface area contributed by atoms with Gasteiger partial charge in [0.25, 0.3) is 0 Å². The molecule has 0 amide bonds. The van der Waals surface area contributed by atoms with E-state index in [9.17, 15) is 4.79 Å². The topological polar surface area (TPSA) is 29.5 Å². The van der Waals surface area contributed by atoms with Crippen LogP contribution in [-0.4, -0.2) is 31.6 Å². The van der Waals surface area contributed by atoms with Gasteiger partial charge >= 0.3 is 5.97 Å². The Hall–Kier alpha value is -0.990. The molecule has 0 atom stereocenters. The van der Waals surface area contributed by atoms with Gasteiger partial charge in [0.2, 0.25) is 0 Å². The lowest BCUT2D eigenvalue weighted by Crippen LogP contribution is -2.23. The molecule has 0 saturated heterocycles. The molecule has 0 fully saturated rings. The summed E-state index contributed by atoms with van der Waals surface area (Å²) in [5, 5.41) is 0. The van der Waals surface area contributed by atoms with Crippen LogP contribution in [0.2, 0.25) is 0 Å². The summed E-state index contributed by atoms with van der Waals surface area (Å²) in [5.74, 6) is -0.371.